The Morgan fingerprint density at radius 2 is 1.93 bits per heavy atom. The Labute approximate surface area is 179 Å². The van der Waals surface area contributed by atoms with Crippen molar-refractivity contribution in [3.8, 4) is 28.4 Å². The predicted octanol–water partition coefficient (Wildman–Crippen LogP) is 5.47. The molecule has 0 radical (unpaired) electrons. The molecule has 0 fully saturated rings. The standard InChI is InChI=1S/C24H23NO4S/c1-4-11-29-20-10-7-16(12-21(20)28-3)18-13-22(26)25-23-19(14-30-24(18)23)15-5-8-17(27-2)9-6-15/h4-10,12,14,18H,1,11,13H2,2-3H3,(H,25,26)/t18-/m1/s1. The molecule has 0 aliphatic carbocycles. The first-order valence-electron chi connectivity index (χ1n) is 9.62. The van der Waals surface area contributed by atoms with Crippen molar-refractivity contribution < 1.29 is 19.0 Å². The van der Waals surface area contributed by atoms with Crippen molar-refractivity contribution in [3.63, 3.8) is 0 Å². The zero-order valence-electron chi connectivity index (χ0n) is 16.9. The number of rotatable bonds is 7. The van der Waals surface area contributed by atoms with Gasteiger partial charge in [0, 0.05) is 28.2 Å². The molecule has 5 nitrogen and oxygen atoms in total. The van der Waals surface area contributed by atoms with Gasteiger partial charge in [0.2, 0.25) is 5.91 Å². The van der Waals surface area contributed by atoms with Crippen molar-refractivity contribution in [2.24, 2.45) is 0 Å². The zero-order chi connectivity index (χ0) is 21.1. The number of amides is 1. The fourth-order valence-corrected chi connectivity index (χ4v) is 4.81. The molecule has 6 heteroatoms. The highest BCUT2D eigenvalue weighted by Gasteiger charge is 2.31. The molecule has 4 rings (SSSR count). The van der Waals surface area contributed by atoms with Crippen LogP contribution in [0.25, 0.3) is 11.1 Å². The molecule has 0 spiro atoms. The number of hydrogen-bond acceptors (Lipinski definition) is 5. The summed E-state index contributed by atoms with van der Waals surface area (Å²) in [6.07, 6.45) is 2.09. The lowest BCUT2D eigenvalue weighted by Crippen LogP contribution is -2.22. The minimum Gasteiger partial charge on any atom is -0.497 e. The molecule has 0 bridgehead atoms. The summed E-state index contributed by atoms with van der Waals surface area (Å²) < 4.78 is 16.4. The van der Waals surface area contributed by atoms with Crippen LogP contribution in [-0.2, 0) is 4.79 Å². The molecule has 2 heterocycles. The van der Waals surface area contributed by atoms with Gasteiger partial charge in [-0.15, -0.1) is 11.3 Å². The number of ether oxygens (including phenoxy) is 3. The summed E-state index contributed by atoms with van der Waals surface area (Å²) in [5, 5.41) is 5.18. The van der Waals surface area contributed by atoms with Gasteiger partial charge in [0.15, 0.2) is 11.5 Å². The molecule has 0 saturated heterocycles. The number of thiophene rings is 1. The Kier molecular flexibility index (Phi) is 5.77. The number of carbonyl (C=O) groups excluding carboxylic acids is 1. The van der Waals surface area contributed by atoms with Crippen molar-refractivity contribution in [1.82, 2.24) is 0 Å². The summed E-state index contributed by atoms with van der Waals surface area (Å²) in [6.45, 7) is 4.08. The number of benzene rings is 2. The Bertz CT molecular complexity index is 1070. The van der Waals surface area contributed by atoms with Crippen LogP contribution in [0.2, 0.25) is 0 Å². The molecule has 3 aromatic rings. The van der Waals surface area contributed by atoms with E-state index >= 15 is 0 Å². The van der Waals surface area contributed by atoms with Crippen molar-refractivity contribution in [3.05, 3.63) is 70.9 Å². The molecule has 2 aromatic carbocycles. The predicted molar refractivity (Wildman–Crippen MR) is 120 cm³/mol. The fraction of sp³-hybridized carbons (Fsp3) is 0.208. The molecule has 1 amide bonds. The largest absolute Gasteiger partial charge is 0.497 e. The molecular weight excluding hydrogens is 398 g/mol. The third kappa shape index (κ3) is 3.78. The number of anilines is 1. The molecule has 30 heavy (non-hydrogen) atoms. The van der Waals surface area contributed by atoms with Crippen LogP contribution in [0, 0.1) is 0 Å². The smallest absolute Gasteiger partial charge is 0.225 e. The van der Waals surface area contributed by atoms with Crippen LogP contribution in [0.1, 0.15) is 22.8 Å². The van der Waals surface area contributed by atoms with E-state index in [2.05, 4.69) is 17.3 Å². The van der Waals surface area contributed by atoms with E-state index in [0.717, 1.165) is 33.0 Å². The highest BCUT2D eigenvalue weighted by molar-refractivity contribution is 7.11. The summed E-state index contributed by atoms with van der Waals surface area (Å²) >= 11 is 1.66. The minimum absolute atomic E-state index is 0.00612. The molecule has 1 atom stereocenters. The second kappa shape index (κ2) is 8.63. The first kappa shape index (κ1) is 20.0. The van der Waals surface area contributed by atoms with Gasteiger partial charge >= 0.3 is 0 Å². The Balaban J connectivity index is 1.71. The van der Waals surface area contributed by atoms with Crippen molar-refractivity contribution in [1.29, 1.82) is 0 Å². The molecule has 0 unspecified atom stereocenters. The van der Waals surface area contributed by atoms with E-state index < -0.39 is 0 Å². The van der Waals surface area contributed by atoms with Crippen LogP contribution in [0.4, 0.5) is 5.69 Å². The van der Waals surface area contributed by atoms with Gasteiger partial charge in [-0.05, 0) is 35.4 Å². The maximum absolute atomic E-state index is 12.6. The Morgan fingerprint density at radius 1 is 1.13 bits per heavy atom. The van der Waals surface area contributed by atoms with Crippen LogP contribution in [-0.4, -0.2) is 26.7 Å². The summed E-state index contributed by atoms with van der Waals surface area (Å²) in [5.74, 6) is 2.08. The normalized spacial score (nSPS) is 15.1. The summed E-state index contributed by atoms with van der Waals surface area (Å²) in [7, 11) is 3.26. The average molecular weight is 422 g/mol. The highest BCUT2D eigenvalue weighted by Crippen LogP contribution is 2.47. The van der Waals surface area contributed by atoms with E-state index in [9.17, 15) is 4.79 Å². The fourth-order valence-electron chi connectivity index (χ4n) is 3.65. The quantitative estimate of drug-likeness (QED) is 0.514. The minimum atomic E-state index is -0.0342. The monoisotopic (exact) mass is 421 g/mol. The van der Waals surface area contributed by atoms with Gasteiger partial charge in [0.25, 0.3) is 0 Å². The third-order valence-corrected chi connectivity index (χ3v) is 6.23. The Morgan fingerprint density at radius 3 is 2.63 bits per heavy atom. The first-order chi connectivity index (χ1) is 14.6. The van der Waals surface area contributed by atoms with E-state index in [4.69, 9.17) is 14.2 Å². The molecule has 1 aliphatic heterocycles. The van der Waals surface area contributed by atoms with E-state index in [0.29, 0.717) is 24.5 Å². The number of methoxy groups -OCH3 is 2. The van der Waals surface area contributed by atoms with Gasteiger partial charge in [-0.2, -0.15) is 0 Å². The van der Waals surface area contributed by atoms with E-state index in [-0.39, 0.29) is 11.8 Å². The lowest BCUT2D eigenvalue weighted by molar-refractivity contribution is -0.116. The second-order valence-electron chi connectivity index (χ2n) is 6.93. The van der Waals surface area contributed by atoms with Gasteiger partial charge in [-0.1, -0.05) is 30.9 Å². The number of nitrogens with one attached hydrogen (secondary N) is 1. The van der Waals surface area contributed by atoms with Crippen LogP contribution < -0.4 is 19.5 Å². The lowest BCUT2D eigenvalue weighted by atomic mass is 9.89. The van der Waals surface area contributed by atoms with Gasteiger partial charge in [-0.3, -0.25) is 4.79 Å². The second-order valence-corrected chi connectivity index (χ2v) is 7.84. The van der Waals surface area contributed by atoms with Gasteiger partial charge < -0.3 is 19.5 Å². The Hall–Kier alpha value is -3.25. The van der Waals surface area contributed by atoms with Crippen LogP contribution >= 0.6 is 11.3 Å². The molecule has 1 N–H and O–H groups in total. The molecular formula is C24H23NO4S. The number of fused-ring (bicyclic) bond motifs is 1. The van der Waals surface area contributed by atoms with Crippen LogP contribution in [0.3, 0.4) is 0 Å². The van der Waals surface area contributed by atoms with Gasteiger partial charge in [-0.25, -0.2) is 0 Å². The summed E-state index contributed by atoms with van der Waals surface area (Å²) in [6, 6.07) is 13.7. The first-order valence-corrected chi connectivity index (χ1v) is 10.5. The maximum Gasteiger partial charge on any atom is 0.225 e. The van der Waals surface area contributed by atoms with E-state index in [1.165, 1.54) is 0 Å². The summed E-state index contributed by atoms with van der Waals surface area (Å²) in [5.41, 5.74) is 3.98. The van der Waals surface area contributed by atoms with Gasteiger partial charge in [0.1, 0.15) is 12.4 Å². The summed E-state index contributed by atoms with van der Waals surface area (Å²) in [4.78, 5) is 13.7. The van der Waals surface area contributed by atoms with Crippen LogP contribution in [0.15, 0.2) is 60.5 Å². The van der Waals surface area contributed by atoms with E-state index in [1.807, 2.05) is 42.5 Å². The van der Waals surface area contributed by atoms with Crippen molar-refractivity contribution in [2.75, 3.05) is 26.1 Å². The third-order valence-electron chi connectivity index (χ3n) is 5.14. The van der Waals surface area contributed by atoms with Crippen LogP contribution in [0.5, 0.6) is 17.2 Å². The zero-order valence-corrected chi connectivity index (χ0v) is 17.8. The van der Waals surface area contributed by atoms with E-state index in [1.54, 1.807) is 31.6 Å². The maximum atomic E-state index is 12.6. The average Bonchev–Trinajstić information content (AvgIpc) is 3.20. The van der Waals surface area contributed by atoms with Crippen molar-refractivity contribution >= 4 is 22.9 Å². The number of hydrogen-bond donors (Lipinski definition) is 1. The topological polar surface area (TPSA) is 56.8 Å². The lowest BCUT2D eigenvalue weighted by Gasteiger charge is -2.24. The molecule has 0 saturated carbocycles. The molecule has 1 aromatic heterocycles. The van der Waals surface area contributed by atoms with Crippen molar-refractivity contribution in [2.45, 2.75) is 12.3 Å². The van der Waals surface area contributed by atoms with Gasteiger partial charge in [0.05, 0.1) is 19.9 Å². The highest BCUT2D eigenvalue weighted by atomic mass is 32.1. The molecule has 154 valence electrons. The SMILES string of the molecule is C=CCOc1ccc([C@H]2CC(=O)Nc3c(-c4ccc(OC)cc4)csc32)cc1OC. The number of carbonyl (C=O) groups is 1. The molecule has 1 aliphatic rings.